The number of amides is 1. The van der Waals surface area contributed by atoms with Gasteiger partial charge in [-0.05, 0) is 61.9 Å². The summed E-state index contributed by atoms with van der Waals surface area (Å²) in [6.45, 7) is 7.53. The topological polar surface area (TPSA) is 41.6 Å². The van der Waals surface area contributed by atoms with E-state index < -0.39 is 5.60 Å². The molecule has 1 amide bonds. The van der Waals surface area contributed by atoms with Crippen LogP contribution in [0.4, 0.5) is 4.79 Å². The summed E-state index contributed by atoms with van der Waals surface area (Å²) >= 11 is 1.74. The van der Waals surface area contributed by atoms with E-state index in [4.69, 9.17) is 4.74 Å². The monoisotopic (exact) mass is 308 g/mol. The molecule has 116 valence electrons. The maximum Gasteiger partial charge on any atom is 0.410 e. The average molecular weight is 308 g/mol. The highest BCUT2D eigenvalue weighted by Crippen LogP contribution is 2.38. The van der Waals surface area contributed by atoms with Crippen molar-refractivity contribution in [2.45, 2.75) is 57.8 Å². The maximum atomic E-state index is 12.2. The van der Waals surface area contributed by atoms with Crippen molar-refractivity contribution < 1.29 is 9.53 Å². The molecule has 0 aromatic carbocycles. The lowest BCUT2D eigenvalue weighted by molar-refractivity contribution is 0.0174. The van der Waals surface area contributed by atoms with Crippen LogP contribution in [0.3, 0.4) is 0 Å². The van der Waals surface area contributed by atoms with E-state index in [0.717, 1.165) is 25.9 Å². The molecule has 2 aliphatic rings. The number of hydrogen-bond acceptors (Lipinski definition) is 4. The van der Waals surface area contributed by atoms with Crippen molar-refractivity contribution in [2.75, 3.05) is 6.54 Å². The first-order valence-corrected chi connectivity index (χ1v) is 8.61. The SMILES string of the molecule is CC(C)(C)OC(=O)N1CC2CC1CC2NCc1ccsc1. The van der Waals surface area contributed by atoms with Crippen LogP contribution < -0.4 is 5.32 Å². The lowest BCUT2D eigenvalue weighted by Crippen LogP contribution is -2.47. The van der Waals surface area contributed by atoms with Crippen LogP contribution in [0.25, 0.3) is 0 Å². The third-order valence-electron chi connectivity index (χ3n) is 4.32. The zero-order valence-corrected chi connectivity index (χ0v) is 13.8. The summed E-state index contributed by atoms with van der Waals surface area (Å²) in [7, 11) is 0. The van der Waals surface area contributed by atoms with Crippen LogP contribution >= 0.6 is 11.3 Å². The highest BCUT2D eigenvalue weighted by atomic mass is 32.1. The van der Waals surface area contributed by atoms with Crippen LogP contribution in [0.2, 0.25) is 0 Å². The number of rotatable bonds is 3. The second-order valence-electron chi connectivity index (χ2n) is 7.14. The summed E-state index contributed by atoms with van der Waals surface area (Å²) in [4.78, 5) is 14.1. The zero-order chi connectivity index (χ0) is 15.0. The fourth-order valence-electron chi connectivity index (χ4n) is 3.39. The number of hydrogen-bond donors (Lipinski definition) is 1. The molecule has 2 bridgehead atoms. The van der Waals surface area contributed by atoms with Gasteiger partial charge in [-0.1, -0.05) is 0 Å². The van der Waals surface area contributed by atoms with Gasteiger partial charge in [0.15, 0.2) is 0 Å². The minimum absolute atomic E-state index is 0.147. The Balaban J connectivity index is 1.50. The Bertz CT molecular complexity index is 495. The summed E-state index contributed by atoms with van der Waals surface area (Å²) in [5, 5.41) is 7.95. The number of fused-ring (bicyclic) bond motifs is 2. The molecule has 1 saturated carbocycles. The lowest BCUT2D eigenvalue weighted by Gasteiger charge is -2.33. The summed E-state index contributed by atoms with van der Waals surface area (Å²) < 4.78 is 5.50. The quantitative estimate of drug-likeness (QED) is 0.932. The third kappa shape index (κ3) is 3.40. The summed E-state index contributed by atoms with van der Waals surface area (Å²) in [5.41, 5.74) is 0.946. The second-order valence-corrected chi connectivity index (χ2v) is 7.92. The molecule has 21 heavy (non-hydrogen) atoms. The first-order chi connectivity index (χ1) is 9.92. The molecular weight excluding hydrogens is 284 g/mol. The summed E-state index contributed by atoms with van der Waals surface area (Å²) in [6, 6.07) is 3.05. The number of ether oxygens (including phenoxy) is 1. The largest absolute Gasteiger partial charge is 0.444 e. The van der Waals surface area contributed by atoms with Crippen LogP contribution in [-0.4, -0.2) is 35.2 Å². The van der Waals surface area contributed by atoms with Crippen LogP contribution in [0, 0.1) is 5.92 Å². The number of nitrogens with zero attached hydrogens (tertiary/aromatic N) is 1. The van der Waals surface area contributed by atoms with Gasteiger partial charge in [-0.2, -0.15) is 11.3 Å². The summed E-state index contributed by atoms with van der Waals surface area (Å²) in [6.07, 6.45) is 2.01. The van der Waals surface area contributed by atoms with Crippen LogP contribution in [0.1, 0.15) is 39.2 Å². The molecule has 0 radical (unpaired) electrons. The van der Waals surface area contributed by atoms with Crippen molar-refractivity contribution in [1.82, 2.24) is 10.2 Å². The van der Waals surface area contributed by atoms with E-state index in [1.54, 1.807) is 11.3 Å². The molecule has 2 heterocycles. The number of likely N-dealkylation sites (tertiary alicyclic amines) is 1. The van der Waals surface area contributed by atoms with Crippen molar-refractivity contribution in [1.29, 1.82) is 0 Å². The molecule has 0 spiro atoms. The van der Waals surface area contributed by atoms with Gasteiger partial charge in [-0.15, -0.1) is 0 Å². The predicted molar refractivity (Wildman–Crippen MR) is 84.4 cm³/mol. The van der Waals surface area contributed by atoms with Gasteiger partial charge in [0.05, 0.1) is 0 Å². The molecule has 3 rings (SSSR count). The Kier molecular flexibility index (Phi) is 3.97. The van der Waals surface area contributed by atoms with Crippen molar-refractivity contribution >= 4 is 17.4 Å². The van der Waals surface area contributed by atoms with Gasteiger partial charge in [-0.25, -0.2) is 4.79 Å². The molecule has 1 aromatic heterocycles. The van der Waals surface area contributed by atoms with Crippen molar-refractivity contribution in [2.24, 2.45) is 5.92 Å². The fraction of sp³-hybridized carbons (Fsp3) is 0.688. The lowest BCUT2D eigenvalue weighted by atomic mass is 10.0. The van der Waals surface area contributed by atoms with E-state index in [1.807, 2.05) is 25.7 Å². The first-order valence-electron chi connectivity index (χ1n) is 7.66. The van der Waals surface area contributed by atoms with E-state index in [1.165, 1.54) is 5.56 Å². The molecule has 4 nitrogen and oxygen atoms in total. The maximum absolute atomic E-state index is 12.2. The van der Waals surface area contributed by atoms with Gasteiger partial charge in [0.1, 0.15) is 5.60 Å². The van der Waals surface area contributed by atoms with Crippen molar-refractivity contribution in [3.8, 4) is 0 Å². The summed E-state index contributed by atoms with van der Waals surface area (Å²) in [5.74, 6) is 0.571. The fourth-order valence-corrected chi connectivity index (χ4v) is 4.06. The Hall–Kier alpha value is -1.07. The van der Waals surface area contributed by atoms with Crippen LogP contribution in [0.5, 0.6) is 0 Å². The van der Waals surface area contributed by atoms with Gasteiger partial charge in [0, 0.05) is 25.2 Å². The number of piperidine rings is 1. The normalized spacial score (nSPS) is 28.1. The molecular formula is C16H24N2O2S. The van der Waals surface area contributed by atoms with Crippen LogP contribution in [-0.2, 0) is 11.3 Å². The Morgan fingerprint density at radius 2 is 2.29 bits per heavy atom. The number of thiophene rings is 1. The van der Waals surface area contributed by atoms with Gasteiger partial charge in [0.25, 0.3) is 0 Å². The van der Waals surface area contributed by atoms with Gasteiger partial charge in [0.2, 0.25) is 0 Å². The zero-order valence-electron chi connectivity index (χ0n) is 13.0. The minimum Gasteiger partial charge on any atom is -0.444 e. The average Bonchev–Trinajstić information content (AvgIpc) is 3.10. The molecule has 1 aromatic rings. The molecule has 5 heteroatoms. The Morgan fingerprint density at radius 3 is 2.86 bits per heavy atom. The van der Waals surface area contributed by atoms with Gasteiger partial charge < -0.3 is 15.0 Å². The number of carbonyl (C=O) groups excluding carboxylic acids is 1. The van der Waals surface area contributed by atoms with Gasteiger partial charge in [-0.3, -0.25) is 0 Å². The van der Waals surface area contributed by atoms with E-state index >= 15 is 0 Å². The molecule has 2 fully saturated rings. The van der Waals surface area contributed by atoms with Crippen molar-refractivity contribution in [3.63, 3.8) is 0 Å². The smallest absolute Gasteiger partial charge is 0.410 e. The molecule has 3 unspecified atom stereocenters. The minimum atomic E-state index is -0.407. The molecule has 1 N–H and O–H groups in total. The van der Waals surface area contributed by atoms with Gasteiger partial charge >= 0.3 is 6.09 Å². The highest BCUT2D eigenvalue weighted by molar-refractivity contribution is 7.07. The van der Waals surface area contributed by atoms with E-state index in [0.29, 0.717) is 18.0 Å². The number of nitrogens with one attached hydrogen (secondary N) is 1. The first kappa shape index (κ1) is 14.9. The highest BCUT2D eigenvalue weighted by Gasteiger charge is 2.47. The second kappa shape index (κ2) is 5.61. The van der Waals surface area contributed by atoms with E-state index in [-0.39, 0.29) is 6.09 Å². The standard InChI is InChI=1S/C16H24N2O2S/c1-16(2,3)20-15(19)18-9-12-6-13(18)7-14(12)17-8-11-4-5-21-10-11/h4-5,10,12-14,17H,6-9H2,1-3H3. The Morgan fingerprint density at radius 1 is 1.48 bits per heavy atom. The van der Waals surface area contributed by atoms with E-state index in [9.17, 15) is 4.79 Å². The number of carbonyl (C=O) groups is 1. The third-order valence-corrected chi connectivity index (χ3v) is 5.05. The molecule has 3 atom stereocenters. The van der Waals surface area contributed by atoms with E-state index in [2.05, 4.69) is 22.1 Å². The Labute approximate surface area is 130 Å². The van der Waals surface area contributed by atoms with Crippen LogP contribution in [0.15, 0.2) is 16.8 Å². The predicted octanol–water partition coefficient (Wildman–Crippen LogP) is 3.24. The molecule has 1 aliphatic heterocycles. The molecule has 1 saturated heterocycles. The molecule has 1 aliphatic carbocycles. The van der Waals surface area contributed by atoms with Crippen molar-refractivity contribution in [3.05, 3.63) is 22.4 Å².